The van der Waals surface area contributed by atoms with Crippen molar-refractivity contribution in [3.63, 3.8) is 0 Å². The molecule has 1 aromatic rings. The Labute approximate surface area is 116 Å². The zero-order chi connectivity index (χ0) is 13.7. The summed E-state index contributed by atoms with van der Waals surface area (Å²) in [6.45, 7) is 0.665. The molecule has 4 nitrogen and oxygen atoms in total. The summed E-state index contributed by atoms with van der Waals surface area (Å²) in [5.74, 6) is -0.897. The summed E-state index contributed by atoms with van der Waals surface area (Å²) in [5, 5.41) is 13.9. The van der Waals surface area contributed by atoms with Gasteiger partial charge >= 0.3 is 5.97 Å². The van der Waals surface area contributed by atoms with E-state index in [1.54, 1.807) is 11.3 Å². The minimum absolute atomic E-state index is 0.000985. The van der Waals surface area contributed by atoms with Crippen LogP contribution in [0.3, 0.4) is 0 Å². The molecule has 0 atom stereocenters. The maximum atomic E-state index is 11.9. The van der Waals surface area contributed by atoms with Gasteiger partial charge in [-0.05, 0) is 43.6 Å². The van der Waals surface area contributed by atoms with Gasteiger partial charge < -0.3 is 10.4 Å². The first kappa shape index (κ1) is 14.1. The summed E-state index contributed by atoms with van der Waals surface area (Å²) in [6.07, 6.45) is 3.51. The van der Waals surface area contributed by atoms with Gasteiger partial charge in [-0.3, -0.25) is 9.59 Å². The monoisotopic (exact) mass is 281 g/mol. The summed E-state index contributed by atoms with van der Waals surface area (Å²) in [6, 6.07) is 4.07. The smallest absolute Gasteiger partial charge is 0.306 e. The molecular formula is C14H19NO3S. The first-order chi connectivity index (χ1) is 9.16. The van der Waals surface area contributed by atoms with E-state index in [1.807, 2.05) is 11.4 Å². The fourth-order valence-electron chi connectivity index (χ4n) is 2.51. The normalized spacial score (nSPS) is 22.9. The highest BCUT2D eigenvalue weighted by Gasteiger charge is 2.29. The third-order valence-corrected chi connectivity index (χ3v) is 4.63. The lowest BCUT2D eigenvalue weighted by molar-refractivity contribution is -0.144. The number of carboxylic acid groups (broad SMARTS) is 1. The van der Waals surface area contributed by atoms with Crippen LogP contribution in [0.2, 0.25) is 0 Å². The Morgan fingerprint density at radius 2 is 1.95 bits per heavy atom. The summed E-state index contributed by atoms with van der Waals surface area (Å²) in [4.78, 5) is 24.1. The van der Waals surface area contributed by atoms with Gasteiger partial charge in [0.25, 0.3) is 0 Å². The van der Waals surface area contributed by atoms with Crippen LogP contribution >= 0.6 is 11.3 Å². The zero-order valence-electron chi connectivity index (χ0n) is 10.8. The maximum absolute atomic E-state index is 11.9. The van der Waals surface area contributed by atoms with E-state index in [9.17, 15) is 9.59 Å². The van der Waals surface area contributed by atoms with Gasteiger partial charge in [0.15, 0.2) is 0 Å². The standard InChI is InChI=1S/C14H19NO3S/c16-13(15-8-7-12-2-1-9-19-12)10-3-5-11(6-4-10)14(17)18/h1-2,9-11H,3-8H2,(H,15,16)(H,17,18). The van der Waals surface area contributed by atoms with Crippen molar-refractivity contribution in [2.24, 2.45) is 11.8 Å². The Bertz CT molecular complexity index is 422. The Hall–Kier alpha value is -1.36. The van der Waals surface area contributed by atoms with Crippen LogP contribution in [0.15, 0.2) is 17.5 Å². The first-order valence-corrected chi connectivity index (χ1v) is 7.57. The van der Waals surface area contributed by atoms with E-state index < -0.39 is 5.97 Å². The highest BCUT2D eigenvalue weighted by atomic mass is 32.1. The molecule has 1 aliphatic rings. The van der Waals surface area contributed by atoms with Gasteiger partial charge in [0.2, 0.25) is 5.91 Å². The number of carbonyl (C=O) groups is 2. The van der Waals surface area contributed by atoms with E-state index in [-0.39, 0.29) is 17.7 Å². The highest BCUT2D eigenvalue weighted by Crippen LogP contribution is 2.28. The second-order valence-electron chi connectivity index (χ2n) is 5.01. The number of aliphatic carboxylic acids is 1. The van der Waals surface area contributed by atoms with E-state index in [1.165, 1.54) is 4.88 Å². The quantitative estimate of drug-likeness (QED) is 0.870. The predicted molar refractivity (Wildman–Crippen MR) is 74.1 cm³/mol. The topological polar surface area (TPSA) is 66.4 Å². The third-order valence-electron chi connectivity index (χ3n) is 3.70. The van der Waals surface area contributed by atoms with E-state index in [2.05, 4.69) is 11.4 Å². The minimum Gasteiger partial charge on any atom is -0.481 e. The number of hydrogen-bond donors (Lipinski definition) is 2. The van der Waals surface area contributed by atoms with Gasteiger partial charge in [-0.2, -0.15) is 0 Å². The highest BCUT2D eigenvalue weighted by molar-refractivity contribution is 7.09. The molecule has 1 heterocycles. The lowest BCUT2D eigenvalue weighted by Crippen LogP contribution is -2.35. The van der Waals surface area contributed by atoms with Crippen LogP contribution in [0, 0.1) is 11.8 Å². The van der Waals surface area contributed by atoms with E-state index in [4.69, 9.17) is 5.11 Å². The van der Waals surface area contributed by atoms with E-state index >= 15 is 0 Å². The number of thiophene rings is 1. The molecule has 19 heavy (non-hydrogen) atoms. The molecule has 0 aliphatic heterocycles. The molecule has 0 radical (unpaired) electrons. The Kier molecular flexibility index (Phi) is 4.96. The molecule has 104 valence electrons. The molecule has 0 aromatic carbocycles. The Morgan fingerprint density at radius 3 is 2.53 bits per heavy atom. The second-order valence-corrected chi connectivity index (χ2v) is 6.04. The number of nitrogens with one attached hydrogen (secondary N) is 1. The van der Waals surface area contributed by atoms with Gasteiger partial charge in [0.1, 0.15) is 0 Å². The van der Waals surface area contributed by atoms with Gasteiger partial charge in [0, 0.05) is 17.3 Å². The Balaban J connectivity index is 1.68. The van der Waals surface area contributed by atoms with Crippen molar-refractivity contribution >= 4 is 23.2 Å². The number of carboxylic acids is 1. The number of rotatable bonds is 5. The fraction of sp³-hybridized carbons (Fsp3) is 0.571. The van der Waals surface area contributed by atoms with Crippen LogP contribution in [-0.4, -0.2) is 23.5 Å². The molecule has 2 rings (SSSR count). The molecule has 0 spiro atoms. The van der Waals surface area contributed by atoms with Crippen molar-refractivity contribution in [3.05, 3.63) is 22.4 Å². The van der Waals surface area contributed by atoms with Gasteiger partial charge in [-0.15, -0.1) is 11.3 Å². The van der Waals surface area contributed by atoms with Crippen molar-refractivity contribution in [2.75, 3.05) is 6.54 Å². The molecule has 5 heteroatoms. The summed E-state index contributed by atoms with van der Waals surface area (Å²) in [7, 11) is 0. The van der Waals surface area contributed by atoms with Crippen molar-refractivity contribution in [1.29, 1.82) is 0 Å². The molecular weight excluding hydrogens is 262 g/mol. The van der Waals surface area contributed by atoms with Gasteiger partial charge in [-0.25, -0.2) is 0 Å². The average molecular weight is 281 g/mol. The van der Waals surface area contributed by atoms with Crippen LogP contribution in [0.5, 0.6) is 0 Å². The lowest BCUT2D eigenvalue weighted by Gasteiger charge is -2.25. The van der Waals surface area contributed by atoms with E-state index in [0.29, 0.717) is 32.2 Å². The second kappa shape index (κ2) is 6.70. The van der Waals surface area contributed by atoms with Crippen LogP contribution < -0.4 is 5.32 Å². The Morgan fingerprint density at radius 1 is 1.26 bits per heavy atom. The van der Waals surface area contributed by atoms with Crippen LogP contribution in [0.4, 0.5) is 0 Å². The molecule has 1 saturated carbocycles. The molecule has 1 aliphatic carbocycles. The zero-order valence-corrected chi connectivity index (χ0v) is 11.6. The SMILES string of the molecule is O=C(O)C1CCC(C(=O)NCCc2cccs2)CC1. The lowest BCUT2D eigenvalue weighted by atomic mass is 9.81. The molecule has 1 fully saturated rings. The predicted octanol–water partition coefficient (Wildman–Crippen LogP) is 2.30. The minimum atomic E-state index is -0.725. The molecule has 1 aromatic heterocycles. The van der Waals surface area contributed by atoms with E-state index in [0.717, 1.165) is 6.42 Å². The number of amides is 1. The third kappa shape index (κ3) is 4.06. The summed E-state index contributed by atoms with van der Waals surface area (Å²) in [5.41, 5.74) is 0. The summed E-state index contributed by atoms with van der Waals surface area (Å²) >= 11 is 1.70. The van der Waals surface area contributed by atoms with Crippen molar-refractivity contribution in [1.82, 2.24) is 5.32 Å². The van der Waals surface area contributed by atoms with Crippen LogP contribution in [0.25, 0.3) is 0 Å². The van der Waals surface area contributed by atoms with Gasteiger partial charge in [-0.1, -0.05) is 6.07 Å². The van der Waals surface area contributed by atoms with Gasteiger partial charge in [0.05, 0.1) is 5.92 Å². The molecule has 0 saturated heterocycles. The fourth-order valence-corrected chi connectivity index (χ4v) is 3.22. The first-order valence-electron chi connectivity index (χ1n) is 6.69. The molecule has 0 unspecified atom stereocenters. The van der Waals surface area contributed by atoms with Crippen LogP contribution in [0.1, 0.15) is 30.6 Å². The number of hydrogen-bond acceptors (Lipinski definition) is 3. The largest absolute Gasteiger partial charge is 0.481 e. The molecule has 2 N–H and O–H groups in total. The van der Waals surface area contributed by atoms with Crippen molar-refractivity contribution in [2.45, 2.75) is 32.1 Å². The van der Waals surface area contributed by atoms with Crippen LogP contribution in [-0.2, 0) is 16.0 Å². The average Bonchev–Trinajstić information content (AvgIpc) is 2.92. The van der Waals surface area contributed by atoms with Crippen molar-refractivity contribution < 1.29 is 14.7 Å². The summed E-state index contributed by atoms with van der Waals surface area (Å²) < 4.78 is 0. The van der Waals surface area contributed by atoms with Crippen molar-refractivity contribution in [3.8, 4) is 0 Å². The molecule has 1 amide bonds. The maximum Gasteiger partial charge on any atom is 0.306 e. The molecule has 0 bridgehead atoms. The number of carbonyl (C=O) groups excluding carboxylic acids is 1.